The Balaban J connectivity index is 1.47. The molecule has 2 N–H and O–H groups in total. The number of nitrogens with two attached hydrogens (primary N) is 1. The molecule has 1 saturated heterocycles. The molecule has 25 heavy (non-hydrogen) atoms. The third-order valence-electron chi connectivity index (χ3n) is 4.76. The molecule has 0 saturated carbocycles. The van der Waals surface area contributed by atoms with E-state index in [1.807, 2.05) is 47.4 Å². The lowest BCUT2D eigenvalue weighted by atomic mass is 9.93. The first-order valence-electron chi connectivity index (χ1n) is 8.82. The van der Waals surface area contributed by atoms with E-state index in [9.17, 15) is 9.59 Å². The highest BCUT2D eigenvalue weighted by Gasteiger charge is 2.23. The van der Waals surface area contributed by atoms with Gasteiger partial charge in [-0.25, -0.2) is 0 Å². The predicted molar refractivity (Wildman–Crippen MR) is 95.6 cm³/mol. The molecule has 0 bridgehead atoms. The van der Waals surface area contributed by atoms with Crippen molar-refractivity contribution >= 4 is 11.8 Å². The summed E-state index contributed by atoms with van der Waals surface area (Å²) in [4.78, 5) is 25.2. The van der Waals surface area contributed by atoms with Crippen molar-refractivity contribution in [3.63, 3.8) is 0 Å². The number of furan rings is 1. The first kappa shape index (κ1) is 17.3. The summed E-state index contributed by atoms with van der Waals surface area (Å²) in [6.07, 6.45) is 3.19. The Morgan fingerprint density at radius 2 is 1.80 bits per heavy atom. The number of nitrogens with zero attached hydrogens (tertiary/aromatic N) is 1. The number of likely N-dealkylation sites (tertiary alicyclic amines) is 1. The van der Waals surface area contributed by atoms with Gasteiger partial charge < -0.3 is 15.1 Å². The van der Waals surface area contributed by atoms with Crippen LogP contribution in [-0.4, -0.2) is 29.8 Å². The van der Waals surface area contributed by atoms with Crippen LogP contribution in [0.4, 0.5) is 0 Å². The van der Waals surface area contributed by atoms with Gasteiger partial charge >= 0.3 is 0 Å². The van der Waals surface area contributed by atoms with Crippen molar-refractivity contribution in [1.29, 1.82) is 0 Å². The van der Waals surface area contributed by atoms with Crippen LogP contribution in [0.3, 0.4) is 0 Å². The molecule has 2 amide bonds. The molecule has 0 aliphatic carbocycles. The molecule has 1 aromatic carbocycles. The minimum absolute atomic E-state index is 0.148. The van der Waals surface area contributed by atoms with Gasteiger partial charge in [0.2, 0.25) is 11.8 Å². The molecule has 3 rings (SSSR count). The number of carbonyl (C=O) groups excluding carboxylic acids is 2. The number of benzene rings is 1. The van der Waals surface area contributed by atoms with Crippen molar-refractivity contribution in [1.82, 2.24) is 4.90 Å². The second-order valence-electron chi connectivity index (χ2n) is 6.63. The molecule has 1 aliphatic heterocycles. The molecule has 1 aliphatic rings. The first-order valence-corrected chi connectivity index (χ1v) is 8.82. The SMILES string of the molecule is NC(=O)CC1CCN(C(=O)CCc2ccc(-c3ccccc3)o2)CC1. The highest BCUT2D eigenvalue weighted by Crippen LogP contribution is 2.24. The minimum atomic E-state index is -0.253. The lowest BCUT2D eigenvalue weighted by Crippen LogP contribution is -2.39. The summed E-state index contributed by atoms with van der Waals surface area (Å²) in [5.41, 5.74) is 6.28. The molecule has 1 aromatic heterocycles. The molecule has 0 spiro atoms. The first-order chi connectivity index (χ1) is 12.1. The van der Waals surface area contributed by atoms with Crippen LogP contribution < -0.4 is 5.73 Å². The van der Waals surface area contributed by atoms with E-state index >= 15 is 0 Å². The van der Waals surface area contributed by atoms with E-state index < -0.39 is 0 Å². The van der Waals surface area contributed by atoms with Gasteiger partial charge in [0.15, 0.2) is 0 Å². The van der Waals surface area contributed by atoms with Gasteiger partial charge in [-0.3, -0.25) is 9.59 Å². The second kappa shape index (κ2) is 8.01. The number of amides is 2. The molecule has 0 atom stereocenters. The lowest BCUT2D eigenvalue weighted by molar-refractivity contribution is -0.132. The van der Waals surface area contributed by atoms with Gasteiger partial charge in [0, 0.05) is 37.9 Å². The highest BCUT2D eigenvalue weighted by molar-refractivity contribution is 5.76. The summed E-state index contributed by atoms with van der Waals surface area (Å²) in [5, 5.41) is 0. The summed E-state index contributed by atoms with van der Waals surface area (Å²) >= 11 is 0. The van der Waals surface area contributed by atoms with Crippen molar-refractivity contribution in [2.24, 2.45) is 11.7 Å². The van der Waals surface area contributed by atoms with Crippen LogP contribution in [0, 0.1) is 5.92 Å². The van der Waals surface area contributed by atoms with E-state index in [1.54, 1.807) is 0 Å². The summed E-state index contributed by atoms with van der Waals surface area (Å²) in [6.45, 7) is 1.43. The average Bonchev–Trinajstić information content (AvgIpc) is 3.10. The summed E-state index contributed by atoms with van der Waals surface area (Å²) < 4.78 is 5.85. The fourth-order valence-electron chi connectivity index (χ4n) is 3.33. The highest BCUT2D eigenvalue weighted by atomic mass is 16.3. The van der Waals surface area contributed by atoms with E-state index in [2.05, 4.69) is 0 Å². The van der Waals surface area contributed by atoms with Crippen LogP contribution in [0.2, 0.25) is 0 Å². The standard InChI is InChI=1S/C20H24N2O3/c21-19(23)14-15-10-12-22(13-11-15)20(24)9-7-17-6-8-18(25-17)16-4-2-1-3-5-16/h1-6,8,15H,7,9-14H2,(H2,21,23). The molecule has 5 nitrogen and oxygen atoms in total. The van der Waals surface area contributed by atoms with E-state index in [0.29, 0.717) is 38.3 Å². The topological polar surface area (TPSA) is 76.5 Å². The molecule has 2 aromatic rings. The van der Waals surface area contributed by atoms with E-state index in [4.69, 9.17) is 10.2 Å². The lowest BCUT2D eigenvalue weighted by Gasteiger charge is -2.31. The molecule has 0 unspecified atom stereocenters. The van der Waals surface area contributed by atoms with Gasteiger partial charge in [-0.2, -0.15) is 0 Å². The van der Waals surface area contributed by atoms with E-state index in [-0.39, 0.29) is 11.8 Å². The Hall–Kier alpha value is -2.56. The Morgan fingerprint density at radius 1 is 1.08 bits per heavy atom. The van der Waals surface area contributed by atoms with Crippen molar-refractivity contribution in [3.05, 3.63) is 48.2 Å². The smallest absolute Gasteiger partial charge is 0.223 e. The number of primary amides is 1. The van der Waals surface area contributed by atoms with Crippen LogP contribution in [-0.2, 0) is 16.0 Å². The van der Waals surface area contributed by atoms with Gasteiger partial charge in [0.05, 0.1) is 0 Å². The maximum absolute atomic E-state index is 12.4. The number of hydrogen-bond donors (Lipinski definition) is 1. The third-order valence-corrected chi connectivity index (χ3v) is 4.76. The molecular weight excluding hydrogens is 316 g/mol. The van der Waals surface area contributed by atoms with Crippen molar-refractivity contribution < 1.29 is 14.0 Å². The van der Waals surface area contributed by atoms with Crippen LogP contribution in [0.15, 0.2) is 46.9 Å². The third kappa shape index (κ3) is 4.72. The van der Waals surface area contributed by atoms with Gasteiger partial charge in [-0.1, -0.05) is 30.3 Å². The summed E-state index contributed by atoms with van der Waals surface area (Å²) in [7, 11) is 0. The monoisotopic (exact) mass is 340 g/mol. The molecule has 5 heteroatoms. The average molecular weight is 340 g/mol. The summed E-state index contributed by atoms with van der Waals surface area (Å²) in [6, 6.07) is 13.8. The van der Waals surface area contributed by atoms with Crippen LogP contribution in [0.1, 0.15) is 31.4 Å². The Morgan fingerprint density at radius 3 is 2.48 bits per heavy atom. The Bertz CT molecular complexity index is 716. The number of carbonyl (C=O) groups is 2. The largest absolute Gasteiger partial charge is 0.461 e. The predicted octanol–water partition coefficient (Wildman–Crippen LogP) is 2.99. The molecule has 2 heterocycles. The van der Waals surface area contributed by atoms with Gasteiger partial charge in [0.1, 0.15) is 11.5 Å². The van der Waals surface area contributed by atoms with Crippen LogP contribution in [0.25, 0.3) is 11.3 Å². The normalized spacial score (nSPS) is 15.3. The molecular formula is C20H24N2O3. The van der Waals surface area contributed by atoms with Crippen molar-refractivity contribution in [2.75, 3.05) is 13.1 Å². The molecule has 0 radical (unpaired) electrons. The zero-order chi connectivity index (χ0) is 17.6. The Labute approximate surface area is 147 Å². The molecule has 132 valence electrons. The van der Waals surface area contributed by atoms with Crippen molar-refractivity contribution in [3.8, 4) is 11.3 Å². The number of aryl methyl sites for hydroxylation is 1. The minimum Gasteiger partial charge on any atom is -0.461 e. The van der Waals surface area contributed by atoms with Gasteiger partial charge in [-0.15, -0.1) is 0 Å². The molecule has 1 fully saturated rings. The van der Waals surface area contributed by atoms with E-state index in [0.717, 1.165) is 29.9 Å². The zero-order valence-corrected chi connectivity index (χ0v) is 14.3. The Kier molecular flexibility index (Phi) is 5.53. The van der Waals surface area contributed by atoms with Gasteiger partial charge in [0.25, 0.3) is 0 Å². The van der Waals surface area contributed by atoms with Crippen LogP contribution >= 0.6 is 0 Å². The number of hydrogen-bond acceptors (Lipinski definition) is 3. The second-order valence-corrected chi connectivity index (χ2v) is 6.63. The fourth-order valence-corrected chi connectivity index (χ4v) is 3.33. The zero-order valence-electron chi connectivity index (χ0n) is 14.3. The fraction of sp³-hybridized carbons (Fsp3) is 0.400. The quantitative estimate of drug-likeness (QED) is 0.878. The summed E-state index contributed by atoms with van der Waals surface area (Å²) in [5.74, 6) is 1.87. The number of piperidine rings is 1. The van der Waals surface area contributed by atoms with Crippen LogP contribution in [0.5, 0.6) is 0 Å². The number of rotatable bonds is 6. The van der Waals surface area contributed by atoms with Crippen molar-refractivity contribution in [2.45, 2.75) is 32.1 Å². The maximum Gasteiger partial charge on any atom is 0.223 e. The van der Waals surface area contributed by atoms with Gasteiger partial charge in [-0.05, 0) is 30.9 Å². The maximum atomic E-state index is 12.4. The van der Waals surface area contributed by atoms with E-state index in [1.165, 1.54) is 0 Å².